The van der Waals surface area contributed by atoms with E-state index in [1.165, 1.54) is 12.3 Å². The first-order valence-corrected chi connectivity index (χ1v) is 7.01. The molecule has 0 aliphatic rings. The van der Waals surface area contributed by atoms with Crippen molar-refractivity contribution >= 4 is 17.5 Å². The molecule has 0 aromatic carbocycles. The summed E-state index contributed by atoms with van der Waals surface area (Å²) in [5.74, 6) is 0.370. The van der Waals surface area contributed by atoms with Crippen LogP contribution < -0.4 is 5.32 Å². The molecule has 0 saturated heterocycles. The van der Waals surface area contributed by atoms with Crippen LogP contribution in [0.2, 0.25) is 0 Å². The Bertz CT molecular complexity index is 460. The maximum Gasteiger partial charge on any atom is 0.308 e. The second-order valence-corrected chi connectivity index (χ2v) is 4.97. The van der Waals surface area contributed by atoms with E-state index in [4.69, 9.17) is 4.74 Å². The molecule has 0 unspecified atom stereocenters. The number of nitrogens with one attached hydrogen (secondary N) is 1. The Morgan fingerprint density at radius 2 is 2.14 bits per heavy atom. The van der Waals surface area contributed by atoms with E-state index in [-0.39, 0.29) is 17.6 Å². The Balaban J connectivity index is 2.09. The minimum Gasteiger partial charge on any atom is -0.465 e. The molecule has 0 saturated carbocycles. The number of hydrogen-bond donors (Lipinski definition) is 1. The van der Waals surface area contributed by atoms with Gasteiger partial charge < -0.3 is 10.1 Å². The molecule has 21 heavy (non-hydrogen) atoms. The monoisotopic (exact) mass is 295 g/mol. The Morgan fingerprint density at radius 3 is 2.71 bits per heavy atom. The Kier molecular flexibility index (Phi) is 7.14. The third kappa shape index (κ3) is 6.69. The van der Waals surface area contributed by atoms with Gasteiger partial charge in [0.15, 0.2) is 0 Å². The van der Waals surface area contributed by atoms with Gasteiger partial charge in [-0.2, -0.15) is 0 Å². The van der Waals surface area contributed by atoms with Gasteiger partial charge in [0.2, 0.25) is 0 Å². The van der Waals surface area contributed by atoms with Crippen LogP contribution in [0.5, 0.6) is 0 Å². The number of unbranched alkanes of at least 4 members (excludes halogenated alkanes) is 2. The number of carbonyl (C=O) groups excluding carboxylic acids is 1. The molecule has 1 N–H and O–H groups in total. The van der Waals surface area contributed by atoms with Crippen LogP contribution in [0.25, 0.3) is 0 Å². The third-order valence-corrected chi connectivity index (χ3v) is 2.80. The first kappa shape index (κ1) is 16.9. The number of nitrogens with zero attached hydrogens (tertiary/aromatic N) is 2. The molecule has 1 heterocycles. The zero-order valence-corrected chi connectivity index (χ0v) is 12.4. The van der Waals surface area contributed by atoms with Gasteiger partial charge in [-0.3, -0.25) is 14.9 Å². The van der Waals surface area contributed by atoms with Crippen LogP contribution >= 0.6 is 0 Å². The number of ether oxygens (including phenoxy) is 1. The Hall–Kier alpha value is -2.18. The van der Waals surface area contributed by atoms with Gasteiger partial charge in [-0.05, 0) is 25.3 Å². The van der Waals surface area contributed by atoms with Gasteiger partial charge in [-0.25, -0.2) is 4.98 Å². The number of anilines is 1. The zero-order valence-electron chi connectivity index (χ0n) is 12.4. The highest BCUT2D eigenvalue weighted by Gasteiger charge is 2.07. The average Bonchev–Trinajstić information content (AvgIpc) is 2.46. The van der Waals surface area contributed by atoms with Crippen molar-refractivity contribution in [2.45, 2.75) is 33.1 Å². The van der Waals surface area contributed by atoms with E-state index in [0.29, 0.717) is 12.4 Å². The van der Waals surface area contributed by atoms with E-state index < -0.39 is 4.92 Å². The van der Waals surface area contributed by atoms with Crippen LogP contribution in [0.3, 0.4) is 0 Å². The van der Waals surface area contributed by atoms with E-state index >= 15 is 0 Å². The number of carbonyl (C=O) groups is 1. The fourth-order valence-corrected chi connectivity index (χ4v) is 1.56. The molecular weight excluding hydrogens is 274 g/mol. The van der Waals surface area contributed by atoms with Gasteiger partial charge in [0.25, 0.3) is 5.69 Å². The molecule has 0 aliphatic heterocycles. The lowest BCUT2D eigenvalue weighted by Gasteiger charge is -2.07. The fraction of sp³-hybridized carbons (Fsp3) is 0.571. The topological polar surface area (TPSA) is 94.4 Å². The number of esters is 1. The summed E-state index contributed by atoms with van der Waals surface area (Å²) in [5.41, 5.74) is -0.0208. The molecule has 0 radical (unpaired) electrons. The summed E-state index contributed by atoms with van der Waals surface area (Å²) in [6, 6.07) is 3.00. The summed E-state index contributed by atoms with van der Waals surface area (Å²) in [7, 11) is 0. The van der Waals surface area contributed by atoms with Crippen molar-refractivity contribution in [3.63, 3.8) is 0 Å². The van der Waals surface area contributed by atoms with Crippen molar-refractivity contribution in [1.29, 1.82) is 0 Å². The molecule has 116 valence electrons. The predicted molar refractivity (Wildman–Crippen MR) is 79.0 cm³/mol. The minimum absolute atomic E-state index is 0.0208. The van der Waals surface area contributed by atoms with Crippen molar-refractivity contribution in [2.75, 3.05) is 18.5 Å². The number of rotatable bonds is 9. The van der Waals surface area contributed by atoms with Crippen LogP contribution in [0.15, 0.2) is 18.3 Å². The summed E-state index contributed by atoms with van der Waals surface area (Å²) in [6.45, 7) is 4.79. The molecular formula is C14H21N3O4. The maximum atomic E-state index is 11.2. The molecule has 0 spiro atoms. The lowest BCUT2D eigenvalue weighted by molar-refractivity contribution is -0.385. The van der Waals surface area contributed by atoms with Gasteiger partial charge >= 0.3 is 5.97 Å². The normalized spacial score (nSPS) is 10.4. The smallest absolute Gasteiger partial charge is 0.308 e. The molecule has 7 nitrogen and oxygen atoms in total. The first-order chi connectivity index (χ1) is 10.0. The summed E-state index contributed by atoms with van der Waals surface area (Å²) < 4.78 is 5.07. The zero-order chi connectivity index (χ0) is 15.7. The van der Waals surface area contributed by atoms with Gasteiger partial charge in [0, 0.05) is 12.6 Å². The summed E-state index contributed by atoms with van der Waals surface area (Å²) >= 11 is 0. The molecule has 0 aliphatic carbocycles. The first-order valence-electron chi connectivity index (χ1n) is 7.01. The molecule has 0 amide bonds. The Morgan fingerprint density at radius 1 is 1.38 bits per heavy atom. The Labute approximate surface area is 123 Å². The predicted octanol–water partition coefficient (Wildman–Crippen LogP) is 2.77. The van der Waals surface area contributed by atoms with E-state index in [2.05, 4.69) is 10.3 Å². The standard InChI is InChI=1S/C14H21N3O4/c1-11(2)14(18)21-9-5-3-4-8-15-13-7-6-12(10-16-13)17(19)20/h6-7,10-11H,3-5,8-9H2,1-2H3,(H,15,16). The lowest BCUT2D eigenvalue weighted by atomic mass is 10.2. The van der Waals surface area contributed by atoms with Crippen LogP contribution in [0, 0.1) is 16.0 Å². The molecule has 1 aromatic heterocycles. The maximum absolute atomic E-state index is 11.2. The van der Waals surface area contributed by atoms with Crippen molar-refractivity contribution in [2.24, 2.45) is 5.92 Å². The van der Waals surface area contributed by atoms with Crippen LogP contribution in [0.4, 0.5) is 11.5 Å². The largest absolute Gasteiger partial charge is 0.465 e. The third-order valence-electron chi connectivity index (χ3n) is 2.80. The highest BCUT2D eigenvalue weighted by atomic mass is 16.6. The van der Waals surface area contributed by atoms with E-state index in [0.717, 1.165) is 25.8 Å². The van der Waals surface area contributed by atoms with E-state index in [1.807, 2.05) is 13.8 Å². The average molecular weight is 295 g/mol. The van der Waals surface area contributed by atoms with Gasteiger partial charge in [0.1, 0.15) is 12.0 Å². The van der Waals surface area contributed by atoms with Crippen LogP contribution in [-0.2, 0) is 9.53 Å². The van der Waals surface area contributed by atoms with Crippen LogP contribution in [-0.4, -0.2) is 29.0 Å². The molecule has 0 bridgehead atoms. The van der Waals surface area contributed by atoms with E-state index in [9.17, 15) is 14.9 Å². The SMILES string of the molecule is CC(C)C(=O)OCCCCCNc1ccc([N+](=O)[O-])cn1. The minimum atomic E-state index is -0.477. The van der Waals surface area contributed by atoms with Gasteiger partial charge in [0.05, 0.1) is 17.4 Å². The quantitative estimate of drug-likeness (QED) is 0.326. The fourth-order valence-electron chi connectivity index (χ4n) is 1.56. The summed E-state index contributed by atoms with van der Waals surface area (Å²) in [4.78, 5) is 25.2. The molecule has 1 rings (SSSR count). The van der Waals surface area contributed by atoms with Gasteiger partial charge in [-0.15, -0.1) is 0 Å². The number of nitro groups is 1. The van der Waals surface area contributed by atoms with Crippen molar-refractivity contribution in [3.8, 4) is 0 Å². The summed E-state index contributed by atoms with van der Waals surface area (Å²) in [5, 5.41) is 13.6. The molecule has 0 fully saturated rings. The highest BCUT2D eigenvalue weighted by molar-refractivity contribution is 5.71. The summed E-state index contributed by atoms with van der Waals surface area (Å²) in [6.07, 6.45) is 3.91. The second kappa shape index (κ2) is 8.89. The highest BCUT2D eigenvalue weighted by Crippen LogP contribution is 2.11. The molecule has 1 aromatic rings. The molecule has 0 atom stereocenters. The van der Waals surface area contributed by atoms with Crippen molar-refractivity contribution < 1.29 is 14.5 Å². The molecule has 7 heteroatoms. The number of aromatic nitrogens is 1. The number of pyridine rings is 1. The van der Waals surface area contributed by atoms with E-state index in [1.54, 1.807) is 6.07 Å². The van der Waals surface area contributed by atoms with Gasteiger partial charge in [-0.1, -0.05) is 13.8 Å². The van der Waals surface area contributed by atoms with Crippen molar-refractivity contribution in [3.05, 3.63) is 28.4 Å². The number of hydrogen-bond acceptors (Lipinski definition) is 6. The lowest BCUT2D eigenvalue weighted by Crippen LogP contribution is -2.12. The van der Waals surface area contributed by atoms with Crippen LogP contribution in [0.1, 0.15) is 33.1 Å². The van der Waals surface area contributed by atoms with Crippen molar-refractivity contribution in [1.82, 2.24) is 4.98 Å². The second-order valence-electron chi connectivity index (χ2n) is 4.97.